The summed E-state index contributed by atoms with van der Waals surface area (Å²) in [5, 5.41) is 11.3. The van der Waals surface area contributed by atoms with Crippen LogP contribution in [0.2, 0.25) is 0 Å². The van der Waals surface area contributed by atoms with Gasteiger partial charge >= 0.3 is 6.03 Å². The van der Waals surface area contributed by atoms with Crippen molar-refractivity contribution in [1.29, 1.82) is 0 Å². The standard InChI is InChI=1S/C34H58N6O8S/c1-8-49(46,47)39(7)19-25(33(2,3)4)38-32(45)37-24-20-48-17-13-11-9-10-12-14-23(28(41)30(43)35-21-15-16-21)36-29(42)27-26-22(34(26,5)6)18-40(27)31(24)44/h21-27H,8-20H2,1-7H3,(H,35,43)(H,36,42)(H2,37,38,45)/t22-,23+,24+,25+,26-,27-/m0/s1. The van der Waals surface area contributed by atoms with Crippen LogP contribution < -0.4 is 21.3 Å². The number of rotatable bonds is 9. The van der Waals surface area contributed by atoms with Crippen molar-refractivity contribution < 1.29 is 37.1 Å². The summed E-state index contributed by atoms with van der Waals surface area (Å²) in [6.07, 6.45) is 5.95. The van der Waals surface area contributed by atoms with Gasteiger partial charge in [0.1, 0.15) is 12.1 Å². The zero-order valence-corrected chi connectivity index (χ0v) is 31.1. The average molecular weight is 711 g/mol. The first kappa shape index (κ1) is 39.0. The number of carbonyl (C=O) groups excluding carboxylic acids is 5. The number of ketones is 1. The van der Waals surface area contributed by atoms with Crippen LogP contribution in [0.3, 0.4) is 0 Å². The fraction of sp³-hybridized carbons (Fsp3) is 0.853. The Bertz CT molecular complexity index is 1360. The molecule has 0 radical (unpaired) electrons. The third-order valence-corrected chi connectivity index (χ3v) is 12.7. The number of nitrogens with one attached hydrogen (secondary N) is 4. The lowest BCUT2D eigenvalue weighted by molar-refractivity contribution is -0.144. The average Bonchev–Trinajstić information content (AvgIpc) is 3.87. The van der Waals surface area contributed by atoms with E-state index in [9.17, 15) is 32.4 Å². The fourth-order valence-electron chi connectivity index (χ4n) is 7.13. The lowest BCUT2D eigenvalue weighted by Gasteiger charge is -2.36. The second-order valence-electron chi connectivity index (χ2n) is 16.0. The van der Waals surface area contributed by atoms with E-state index < -0.39 is 69.1 Å². The molecule has 2 aliphatic heterocycles. The number of likely N-dealkylation sites (N-methyl/N-ethyl adjacent to an activating group) is 1. The molecule has 5 amide bonds. The highest BCUT2D eigenvalue weighted by molar-refractivity contribution is 7.89. The van der Waals surface area contributed by atoms with Crippen molar-refractivity contribution in [2.24, 2.45) is 22.7 Å². The van der Waals surface area contributed by atoms with Crippen molar-refractivity contribution in [3.8, 4) is 0 Å². The van der Waals surface area contributed by atoms with E-state index in [2.05, 4.69) is 35.1 Å². The van der Waals surface area contributed by atoms with Crippen LogP contribution in [-0.2, 0) is 33.9 Å². The molecule has 0 aromatic rings. The summed E-state index contributed by atoms with van der Waals surface area (Å²) in [5.74, 6) is -2.48. The molecule has 4 aliphatic rings. The van der Waals surface area contributed by atoms with Gasteiger partial charge in [-0.05, 0) is 55.3 Å². The van der Waals surface area contributed by atoms with Crippen LogP contribution in [0.4, 0.5) is 4.79 Å². The minimum atomic E-state index is -3.50. The van der Waals surface area contributed by atoms with Crippen molar-refractivity contribution >= 4 is 39.6 Å². The number of nitrogens with zero attached hydrogens (tertiary/aromatic N) is 2. The van der Waals surface area contributed by atoms with Crippen LogP contribution in [0.25, 0.3) is 0 Å². The van der Waals surface area contributed by atoms with Gasteiger partial charge in [-0.1, -0.05) is 60.3 Å². The van der Waals surface area contributed by atoms with Gasteiger partial charge in [-0.2, -0.15) is 0 Å². The van der Waals surface area contributed by atoms with E-state index in [4.69, 9.17) is 4.74 Å². The maximum absolute atomic E-state index is 14.3. The summed E-state index contributed by atoms with van der Waals surface area (Å²) < 4.78 is 32.1. The monoisotopic (exact) mass is 710 g/mol. The molecule has 4 fully saturated rings. The van der Waals surface area contributed by atoms with Crippen LogP contribution >= 0.6 is 0 Å². The summed E-state index contributed by atoms with van der Waals surface area (Å²) in [5.41, 5.74) is -0.728. The molecular weight excluding hydrogens is 652 g/mol. The van der Waals surface area contributed by atoms with Crippen molar-refractivity contribution in [3.63, 3.8) is 0 Å². The molecule has 4 N–H and O–H groups in total. The number of hydrogen-bond donors (Lipinski definition) is 4. The van der Waals surface area contributed by atoms with Gasteiger partial charge in [0, 0.05) is 38.8 Å². The molecule has 14 nitrogen and oxygen atoms in total. The first-order chi connectivity index (χ1) is 22.9. The smallest absolute Gasteiger partial charge is 0.315 e. The molecule has 2 heterocycles. The molecule has 49 heavy (non-hydrogen) atoms. The molecule has 0 unspecified atom stereocenters. The molecular formula is C34H58N6O8S. The number of sulfonamides is 1. The number of carbonyl (C=O) groups is 5. The number of urea groups is 1. The fourth-order valence-corrected chi connectivity index (χ4v) is 7.94. The Morgan fingerprint density at radius 3 is 2.33 bits per heavy atom. The van der Waals surface area contributed by atoms with E-state index in [0.717, 1.165) is 38.5 Å². The first-order valence-corrected chi connectivity index (χ1v) is 19.5. The Labute approximate surface area is 291 Å². The molecule has 278 valence electrons. The number of hydrogen-bond acceptors (Lipinski definition) is 8. The third-order valence-electron chi connectivity index (χ3n) is 10.8. The van der Waals surface area contributed by atoms with Gasteiger partial charge in [0.05, 0.1) is 18.4 Å². The third kappa shape index (κ3) is 9.72. The number of amides is 5. The van der Waals surface area contributed by atoms with Crippen molar-refractivity contribution in [2.45, 2.75) is 123 Å². The molecule has 2 saturated heterocycles. The van der Waals surface area contributed by atoms with Crippen molar-refractivity contribution in [2.75, 3.05) is 39.1 Å². The highest BCUT2D eigenvalue weighted by Gasteiger charge is 2.69. The van der Waals surface area contributed by atoms with Gasteiger partial charge in [-0.25, -0.2) is 17.5 Å². The van der Waals surface area contributed by atoms with Gasteiger partial charge in [0.2, 0.25) is 27.6 Å². The zero-order chi connectivity index (χ0) is 36.3. The minimum Gasteiger partial charge on any atom is -0.379 e. The first-order valence-electron chi connectivity index (χ1n) is 17.9. The van der Waals surface area contributed by atoms with Crippen LogP contribution in [0, 0.1) is 22.7 Å². The molecule has 4 rings (SSSR count). The maximum Gasteiger partial charge on any atom is 0.315 e. The Morgan fingerprint density at radius 1 is 1.04 bits per heavy atom. The molecule has 0 aromatic heterocycles. The molecule has 0 bridgehead atoms. The van der Waals surface area contributed by atoms with E-state index >= 15 is 0 Å². The highest BCUT2D eigenvalue weighted by Crippen LogP contribution is 2.64. The minimum absolute atomic E-state index is 0.00197. The Balaban J connectivity index is 1.55. The van der Waals surface area contributed by atoms with Crippen molar-refractivity contribution in [3.05, 3.63) is 0 Å². The van der Waals surface area contributed by atoms with Crippen molar-refractivity contribution in [1.82, 2.24) is 30.5 Å². The Kier molecular flexibility index (Phi) is 12.4. The zero-order valence-electron chi connectivity index (χ0n) is 30.3. The van der Waals surface area contributed by atoms with Gasteiger partial charge in [-0.3, -0.25) is 19.2 Å². The summed E-state index contributed by atoms with van der Waals surface area (Å²) in [6, 6.07) is -4.25. The van der Waals surface area contributed by atoms with E-state index in [1.54, 1.807) is 6.92 Å². The Morgan fingerprint density at radius 2 is 1.69 bits per heavy atom. The van der Waals surface area contributed by atoms with Crippen LogP contribution in [0.15, 0.2) is 0 Å². The number of Topliss-reactive ketones (excluding diaryl/α,β-unsaturated/α-hetero) is 1. The lowest BCUT2D eigenvalue weighted by atomic mass is 9.87. The molecule has 0 spiro atoms. The molecule has 0 aromatic carbocycles. The van der Waals surface area contributed by atoms with E-state index in [1.165, 1.54) is 16.3 Å². The van der Waals surface area contributed by atoms with Gasteiger partial charge in [0.25, 0.3) is 5.91 Å². The number of fused-ring (bicyclic) bond motifs is 3. The predicted octanol–water partition coefficient (Wildman–Crippen LogP) is 1.54. The second kappa shape index (κ2) is 15.6. The van der Waals surface area contributed by atoms with E-state index in [0.29, 0.717) is 26.0 Å². The number of ether oxygens (including phenoxy) is 1. The van der Waals surface area contributed by atoms with E-state index in [1.807, 2.05) is 20.8 Å². The second-order valence-corrected chi connectivity index (χ2v) is 18.3. The van der Waals surface area contributed by atoms with Crippen LogP contribution in [0.1, 0.15) is 92.9 Å². The van der Waals surface area contributed by atoms with E-state index in [-0.39, 0.29) is 42.2 Å². The SMILES string of the molecule is CCS(=O)(=O)N(C)C[C@@H](NC(=O)N[C@@H]1COCCCCCCC[C@H](C(=O)C(=O)NC2CC2)NC(=O)[C@@H]2[C@@H]3[C@H](CN2C1=O)C3(C)C)C(C)(C)C. The number of piperidine rings is 1. The van der Waals surface area contributed by atoms with Gasteiger partial charge in [-0.15, -0.1) is 0 Å². The summed E-state index contributed by atoms with van der Waals surface area (Å²) in [6.45, 7) is 11.9. The maximum atomic E-state index is 14.3. The Hall–Kier alpha value is -2.78. The van der Waals surface area contributed by atoms with Crippen LogP contribution in [-0.4, -0.2) is 116 Å². The topological polar surface area (TPSA) is 183 Å². The summed E-state index contributed by atoms with van der Waals surface area (Å²) >= 11 is 0. The molecule has 2 aliphatic carbocycles. The normalized spacial score (nSPS) is 28.9. The van der Waals surface area contributed by atoms with Gasteiger partial charge < -0.3 is 30.9 Å². The largest absolute Gasteiger partial charge is 0.379 e. The predicted molar refractivity (Wildman–Crippen MR) is 184 cm³/mol. The summed E-state index contributed by atoms with van der Waals surface area (Å²) in [4.78, 5) is 69.3. The van der Waals surface area contributed by atoms with Gasteiger partial charge in [0.15, 0.2) is 0 Å². The summed E-state index contributed by atoms with van der Waals surface area (Å²) in [7, 11) is -2.03. The molecule has 6 atom stereocenters. The molecule has 15 heteroatoms. The highest BCUT2D eigenvalue weighted by atomic mass is 32.2. The molecule has 2 saturated carbocycles. The lowest BCUT2D eigenvalue weighted by Crippen LogP contribution is -2.61. The van der Waals surface area contributed by atoms with Crippen LogP contribution in [0.5, 0.6) is 0 Å². The quantitative estimate of drug-likeness (QED) is 0.260.